The number of carbonyl (C=O) groups is 1. The molecule has 0 saturated carbocycles. The lowest BCUT2D eigenvalue weighted by Crippen LogP contribution is -2.27. The van der Waals surface area contributed by atoms with Gasteiger partial charge in [0, 0.05) is 25.6 Å². The lowest BCUT2D eigenvalue weighted by atomic mass is 9.99. The summed E-state index contributed by atoms with van der Waals surface area (Å²) < 4.78 is 38.3. The van der Waals surface area contributed by atoms with E-state index < -0.39 is 40.1 Å². The minimum absolute atomic E-state index is 0.00534. The summed E-state index contributed by atoms with van der Waals surface area (Å²) in [6.45, 7) is 1.23. The summed E-state index contributed by atoms with van der Waals surface area (Å²) >= 11 is 0. The number of amides is 1. The van der Waals surface area contributed by atoms with Crippen molar-refractivity contribution >= 4 is 11.6 Å². The summed E-state index contributed by atoms with van der Waals surface area (Å²) in [7, 11) is 0. The number of hydrogen-bond acceptors (Lipinski definition) is 5. The van der Waals surface area contributed by atoms with Gasteiger partial charge in [0.1, 0.15) is 6.10 Å². The average molecular weight is 336 g/mol. The quantitative estimate of drug-likeness (QED) is 0.539. The zero-order valence-corrected chi connectivity index (χ0v) is 12.0. The lowest BCUT2D eigenvalue weighted by molar-refractivity contribution is -0.385. The molecule has 0 aliphatic heterocycles. The minimum Gasteiger partial charge on any atom is -0.390 e. The third kappa shape index (κ3) is 5.49. The molecule has 0 aliphatic rings. The highest BCUT2D eigenvalue weighted by Crippen LogP contribution is 2.34. The van der Waals surface area contributed by atoms with Gasteiger partial charge in [0.25, 0.3) is 5.69 Å². The molecule has 0 spiro atoms. The van der Waals surface area contributed by atoms with Gasteiger partial charge in [-0.1, -0.05) is 0 Å². The second-order valence-electron chi connectivity index (χ2n) is 4.85. The molecule has 128 valence electrons. The number of benzene rings is 1. The van der Waals surface area contributed by atoms with Crippen molar-refractivity contribution in [1.29, 1.82) is 0 Å². The molecule has 10 heteroatoms. The lowest BCUT2D eigenvalue weighted by Gasteiger charge is -2.19. The molecule has 0 radical (unpaired) electrons. The van der Waals surface area contributed by atoms with Gasteiger partial charge in [-0.3, -0.25) is 14.9 Å². The van der Waals surface area contributed by atoms with Crippen LogP contribution in [0.5, 0.6) is 0 Å². The molecule has 2 atom stereocenters. The van der Waals surface area contributed by atoms with Crippen LogP contribution >= 0.6 is 0 Å². The zero-order chi connectivity index (χ0) is 17.8. The van der Waals surface area contributed by atoms with E-state index >= 15 is 0 Å². The monoisotopic (exact) mass is 336 g/mol. The van der Waals surface area contributed by atoms with Crippen LogP contribution in [0.4, 0.5) is 18.9 Å². The van der Waals surface area contributed by atoms with E-state index in [0.717, 1.165) is 6.07 Å². The van der Waals surface area contributed by atoms with E-state index in [0.29, 0.717) is 12.1 Å². The van der Waals surface area contributed by atoms with Crippen LogP contribution in [0.2, 0.25) is 0 Å². The van der Waals surface area contributed by atoms with Crippen molar-refractivity contribution in [3.63, 3.8) is 0 Å². The van der Waals surface area contributed by atoms with Gasteiger partial charge in [-0.05, 0) is 18.1 Å². The van der Waals surface area contributed by atoms with E-state index in [9.17, 15) is 38.3 Å². The predicted octanol–water partition coefficient (Wildman–Crippen LogP) is 1.53. The summed E-state index contributed by atoms with van der Waals surface area (Å²) in [5, 5.41) is 32.7. The molecule has 3 N–H and O–H groups in total. The Morgan fingerprint density at radius 3 is 2.43 bits per heavy atom. The Hall–Kier alpha value is -2.20. The van der Waals surface area contributed by atoms with Gasteiger partial charge in [0.15, 0.2) is 0 Å². The van der Waals surface area contributed by atoms with E-state index in [1.165, 1.54) is 6.92 Å². The van der Waals surface area contributed by atoms with Crippen LogP contribution in [0, 0.1) is 10.1 Å². The number of non-ortho nitro benzene ring substituents is 1. The first-order valence-electron chi connectivity index (χ1n) is 6.49. The Balaban J connectivity index is 3.03. The summed E-state index contributed by atoms with van der Waals surface area (Å²) in [4.78, 5) is 20.4. The van der Waals surface area contributed by atoms with Crippen LogP contribution in [0.25, 0.3) is 0 Å². The minimum atomic E-state index is -4.83. The van der Waals surface area contributed by atoms with Crippen LogP contribution in [0.3, 0.4) is 0 Å². The first-order valence-corrected chi connectivity index (χ1v) is 6.49. The molecule has 0 saturated heterocycles. The first-order chi connectivity index (χ1) is 10.5. The molecule has 1 amide bonds. The van der Waals surface area contributed by atoms with Gasteiger partial charge in [-0.15, -0.1) is 0 Å². The smallest absolute Gasteiger partial charge is 0.390 e. The molecule has 0 bridgehead atoms. The molecule has 7 nitrogen and oxygen atoms in total. The molecule has 0 heterocycles. The fraction of sp³-hybridized carbons (Fsp3) is 0.462. The number of hydrogen-bond donors (Lipinski definition) is 3. The van der Waals surface area contributed by atoms with E-state index in [4.69, 9.17) is 0 Å². The number of halogens is 3. The van der Waals surface area contributed by atoms with E-state index in [1.54, 1.807) is 0 Å². The molecule has 23 heavy (non-hydrogen) atoms. The molecule has 1 aromatic rings. The van der Waals surface area contributed by atoms with Crippen LogP contribution in [0.15, 0.2) is 18.2 Å². The summed E-state index contributed by atoms with van der Waals surface area (Å²) in [5.41, 5.74) is -2.57. The topological polar surface area (TPSA) is 113 Å². The molecule has 1 rings (SSSR count). The molecular formula is C13H15F3N2O5. The Morgan fingerprint density at radius 1 is 1.35 bits per heavy atom. The van der Waals surface area contributed by atoms with Crippen molar-refractivity contribution in [2.45, 2.75) is 31.7 Å². The number of nitrogens with one attached hydrogen (secondary N) is 1. The molecule has 1 aromatic carbocycles. The SMILES string of the molecule is CC(=O)NCCC(O)C(O)c1cc([N+](=O)[O-])cc(C(F)(F)F)c1. The fourth-order valence-electron chi connectivity index (χ4n) is 1.85. The Kier molecular flexibility index (Phi) is 6.05. The highest BCUT2D eigenvalue weighted by atomic mass is 19.4. The zero-order valence-electron chi connectivity index (χ0n) is 12.0. The standard InChI is InChI=1S/C13H15F3N2O5/c1-7(19)17-3-2-11(20)12(21)8-4-9(13(14,15)16)6-10(5-8)18(22)23/h4-6,11-12,20-21H,2-3H2,1H3,(H,17,19). The van der Waals surface area contributed by atoms with Crippen molar-refractivity contribution in [3.05, 3.63) is 39.4 Å². The normalized spacial score (nSPS) is 14.2. The average Bonchev–Trinajstić information content (AvgIpc) is 2.44. The van der Waals surface area contributed by atoms with Crippen LogP contribution < -0.4 is 5.32 Å². The maximum absolute atomic E-state index is 12.8. The summed E-state index contributed by atoms with van der Waals surface area (Å²) in [5.74, 6) is -0.374. The largest absolute Gasteiger partial charge is 0.416 e. The molecule has 0 fully saturated rings. The van der Waals surface area contributed by atoms with Crippen molar-refractivity contribution < 1.29 is 33.1 Å². The third-order valence-corrected chi connectivity index (χ3v) is 3.00. The Morgan fingerprint density at radius 2 is 1.96 bits per heavy atom. The van der Waals surface area contributed by atoms with Crippen LogP contribution in [0.1, 0.15) is 30.6 Å². The second kappa shape index (κ2) is 7.38. The maximum atomic E-state index is 12.8. The van der Waals surface area contributed by atoms with E-state index in [1.807, 2.05) is 0 Å². The number of aliphatic hydroxyl groups is 2. The number of nitro benzene ring substituents is 1. The van der Waals surface area contributed by atoms with Gasteiger partial charge in [-0.2, -0.15) is 13.2 Å². The summed E-state index contributed by atoms with van der Waals surface area (Å²) in [6, 6.07) is 1.65. The Labute approximate surface area is 128 Å². The number of aliphatic hydroxyl groups excluding tert-OH is 2. The van der Waals surface area contributed by atoms with Crippen LogP contribution in [-0.2, 0) is 11.0 Å². The van der Waals surface area contributed by atoms with Gasteiger partial charge in [-0.25, -0.2) is 0 Å². The highest BCUT2D eigenvalue weighted by molar-refractivity contribution is 5.72. The van der Waals surface area contributed by atoms with Crippen molar-refractivity contribution in [2.75, 3.05) is 6.54 Å². The fourth-order valence-corrected chi connectivity index (χ4v) is 1.85. The maximum Gasteiger partial charge on any atom is 0.416 e. The number of rotatable bonds is 6. The predicted molar refractivity (Wildman–Crippen MR) is 72.4 cm³/mol. The molecule has 0 aliphatic carbocycles. The molecule has 2 unspecified atom stereocenters. The number of nitrogens with zero attached hydrogens (tertiary/aromatic N) is 1. The number of nitro groups is 1. The summed E-state index contributed by atoms with van der Waals surface area (Å²) in [6.07, 6.45) is -8.22. The van der Waals surface area contributed by atoms with Crippen molar-refractivity contribution in [1.82, 2.24) is 5.32 Å². The second-order valence-corrected chi connectivity index (χ2v) is 4.85. The van der Waals surface area contributed by atoms with Gasteiger partial charge >= 0.3 is 6.18 Å². The van der Waals surface area contributed by atoms with Gasteiger partial charge in [0.2, 0.25) is 5.91 Å². The van der Waals surface area contributed by atoms with Crippen molar-refractivity contribution in [3.8, 4) is 0 Å². The number of carbonyl (C=O) groups excluding carboxylic acids is 1. The van der Waals surface area contributed by atoms with Gasteiger partial charge < -0.3 is 15.5 Å². The first kappa shape index (κ1) is 18.8. The third-order valence-electron chi connectivity index (χ3n) is 3.00. The molecular weight excluding hydrogens is 321 g/mol. The van der Waals surface area contributed by atoms with Gasteiger partial charge in [0.05, 0.1) is 16.6 Å². The van der Waals surface area contributed by atoms with E-state index in [-0.39, 0.29) is 18.9 Å². The Bertz CT molecular complexity index is 591. The highest BCUT2D eigenvalue weighted by Gasteiger charge is 2.34. The van der Waals surface area contributed by atoms with Crippen molar-refractivity contribution in [2.24, 2.45) is 0 Å². The number of alkyl halides is 3. The molecule has 0 aromatic heterocycles. The van der Waals surface area contributed by atoms with Crippen LogP contribution in [-0.4, -0.2) is 33.7 Å². The van der Waals surface area contributed by atoms with E-state index in [2.05, 4.69) is 5.32 Å².